The van der Waals surface area contributed by atoms with Crippen LogP contribution in [0.1, 0.15) is 29.9 Å². The highest BCUT2D eigenvalue weighted by Crippen LogP contribution is 2.29. The van der Waals surface area contributed by atoms with E-state index in [0.29, 0.717) is 21.6 Å². The molecule has 1 atom stereocenters. The maximum absolute atomic E-state index is 6.31. The molecule has 2 aromatic rings. The first-order valence-electron chi connectivity index (χ1n) is 6.66. The first-order chi connectivity index (χ1) is 9.93. The number of nitrogens with zero attached hydrogens (tertiary/aromatic N) is 3. The van der Waals surface area contributed by atoms with Crippen LogP contribution >= 0.6 is 34.8 Å². The van der Waals surface area contributed by atoms with Crippen LogP contribution in [0, 0.1) is 6.92 Å². The van der Waals surface area contributed by atoms with E-state index in [4.69, 9.17) is 34.8 Å². The molecule has 7 heteroatoms. The van der Waals surface area contributed by atoms with Gasteiger partial charge in [0.25, 0.3) is 0 Å². The highest BCUT2D eigenvalue weighted by Gasteiger charge is 2.21. The molecule has 0 aliphatic carbocycles. The van der Waals surface area contributed by atoms with Crippen molar-refractivity contribution >= 4 is 34.8 Å². The van der Waals surface area contributed by atoms with Crippen molar-refractivity contribution in [2.75, 3.05) is 6.54 Å². The Bertz CT molecular complexity index is 639. The smallest absolute Gasteiger partial charge is 0.130 e. The fourth-order valence-corrected chi connectivity index (χ4v) is 3.07. The molecule has 0 saturated carbocycles. The zero-order valence-corrected chi connectivity index (χ0v) is 14.4. The van der Waals surface area contributed by atoms with Gasteiger partial charge in [-0.15, -0.1) is 0 Å². The number of hydrogen-bond donors (Lipinski definition) is 1. The van der Waals surface area contributed by atoms with Crippen molar-refractivity contribution in [3.05, 3.63) is 44.4 Å². The molecular formula is C14H17Cl3N4. The largest absolute Gasteiger partial charge is 0.309 e. The van der Waals surface area contributed by atoms with Crippen LogP contribution < -0.4 is 5.32 Å². The summed E-state index contributed by atoms with van der Waals surface area (Å²) in [5.74, 6) is 0. The summed E-state index contributed by atoms with van der Waals surface area (Å²) in [6.45, 7) is 4.78. The third-order valence-corrected chi connectivity index (χ3v) is 4.28. The van der Waals surface area contributed by atoms with E-state index >= 15 is 0 Å². The minimum absolute atomic E-state index is 0.0415. The molecule has 21 heavy (non-hydrogen) atoms. The number of likely N-dealkylation sites (N-methyl/N-ethyl adjacent to an activating group) is 1. The molecule has 1 unspecified atom stereocenters. The zero-order chi connectivity index (χ0) is 15.6. The molecule has 0 saturated heterocycles. The summed E-state index contributed by atoms with van der Waals surface area (Å²) in [5, 5.41) is 9.43. The summed E-state index contributed by atoms with van der Waals surface area (Å²) in [7, 11) is 1.83. The lowest BCUT2D eigenvalue weighted by molar-refractivity contribution is 0.536. The second-order valence-electron chi connectivity index (χ2n) is 4.81. The van der Waals surface area contributed by atoms with E-state index in [1.807, 2.05) is 20.9 Å². The zero-order valence-electron chi connectivity index (χ0n) is 12.1. The van der Waals surface area contributed by atoms with E-state index in [0.717, 1.165) is 23.5 Å². The summed E-state index contributed by atoms with van der Waals surface area (Å²) in [5.41, 5.74) is 2.68. The number of halogens is 3. The first-order valence-corrected chi connectivity index (χ1v) is 7.79. The van der Waals surface area contributed by atoms with E-state index in [1.54, 1.807) is 16.9 Å². The lowest BCUT2D eigenvalue weighted by Gasteiger charge is -2.18. The molecule has 0 aliphatic rings. The first kappa shape index (κ1) is 16.6. The van der Waals surface area contributed by atoms with Gasteiger partial charge < -0.3 is 5.32 Å². The maximum Gasteiger partial charge on any atom is 0.130 e. The molecule has 1 N–H and O–H groups in total. The van der Waals surface area contributed by atoms with Gasteiger partial charge in [0.05, 0.1) is 27.5 Å². The Hall–Kier alpha value is -0.810. The number of nitrogens with one attached hydrogen (secondary N) is 1. The van der Waals surface area contributed by atoms with Gasteiger partial charge in [-0.25, -0.2) is 0 Å². The quantitative estimate of drug-likeness (QED) is 0.889. The van der Waals surface area contributed by atoms with E-state index in [1.165, 1.54) is 0 Å². The average molecular weight is 348 g/mol. The molecule has 2 aromatic heterocycles. The van der Waals surface area contributed by atoms with Crippen molar-refractivity contribution in [1.29, 1.82) is 0 Å². The van der Waals surface area contributed by atoms with Crippen LogP contribution in [0.15, 0.2) is 12.3 Å². The number of aryl methyl sites for hydroxylation is 2. The highest BCUT2D eigenvalue weighted by molar-refractivity contribution is 6.34. The number of rotatable bonds is 5. The lowest BCUT2D eigenvalue weighted by atomic mass is 10.0. The summed E-state index contributed by atoms with van der Waals surface area (Å²) in [6.07, 6.45) is 2.27. The molecule has 0 radical (unpaired) electrons. The summed E-state index contributed by atoms with van der Waals surface area (Å²) in [4.78, 5) is 4.36. The van der Waals surface area contributed by atoms with Gasteiger partial charge >= 0.3 is 0 Å². The number of hydrogen-bond acceptors (Lipinski definition) is 3. The predicted molar refractivity (Wildman–Crippen MR) is 87.3 cm³/mol. The standard InChI is InChI=1S/C14H17Cl3N4/c1-4-18-12(13-11(16)5-9(15)7-19-13)6-10-8(2)20-21(3)14(10)17/h5,7,12,18H,4,6H2,1-3H3. The summed E-state index contributed by atoms with van der Waals surface area (Å²) >= 11 is 18.5. The molecule has 114 valence electrons. The minimum Gasteiger partial charge on any atom is -0.309 e. The Morgan fingerprint density at radius 1 is 1.33 bits per heavy atom. The number of pyridine rings is 1. The molecule has 0 aromatic carbocycles. The van der Waals surface area contributed by atoms with Crippen LogP contribution in [0.4, 0.5) is 0 Å². The Kier molecular flexibility index (Phi) is 5.49. The molecular weight excluding hydrogens is 331 g/mol. The van der Waals surface area contributed by atoms with Gasteiger partial charge in [0, 0.05) is 18.8 Å². The normalized spacial score (nSPS) is 12.7. The van der Waals surface area contributed by atoms with E-state index in [-0.39, 0.29) is 6.04 Å². The Morgan fingerprint density at radius 2 is 2.05 bits per heavy atom. The molecule has 2 heterocycles. The van der Waals surface area contributed by atoms with Gasteiger partial charge in [0.2, 0.25) is 0 Å². The SMILES string of the molecule is CCNC(Cc1c(C)nn(C)c1Cl)c1ncc(Cl)cc1Cl. The van der Waals surface area contributed by atoms with Crippen LogP contribution in [0.2, 0.25) is 15.2 Å². The second kappa shape index (κ2) is 6.97. The van der Waals surface area contributed by atoms with Gasteiger partial charge in [-0.1, -0.05) is 41.7 Å². The fourth-order valence-electron chi connectivity index (χ4n) is 2.30. The molecule has 4 nitrogen and oxygen atoms in total. The molecule has 0 fully saturated rings. The minimum atomic E-state index is -0.0415. The summed E-state index contributed by atoms with van der Waals surface area (Å²) in [6, 6.07) is 1.66. The third-order valence-electron chi connectivity index (χ3n) is 3.29. The van der Waals surface area contributed by atoms with Gasteiger partial charge in [-0.3, -0.25) is 9.67 Å². The molecule has 0 amide bonds. The van der Waals surface area contributed by atoms with Crippen LogP contribution in [0.3, 0.4) is 0 Å². The van der Waals surface area contributed by atoms with Crippen molar-refractivity contribution < 1.29 is 0 Å². The molecule has 0 bridgehead atoms. The van der Waals surface area contributed by atoms with Crippen molar-refractivity contribution in [2.45, 2.75) is 26.3 Å². The van der Waals surface area contributed by atoms with Crippen molar-refractivity contribution in [1.82, 2.24) is 20.1 Å². The Morgan fingerprint density at radius 3 is 2.57 bits per heavy atom. The monoisotopic (exact) mass is 346 g/mol. The van der Waals surface area contributed by atoms with Crippen molar-refractivity contribution in [3.63, 3.8) is 0 Å². The van der Waals surface area contributed by atoms with Crippen LogP contribution in [-0.2, 0) is 13.5 Å². The van der Waals surface area contributed by atoms with Gasteiger partial charge in [-0.2, -0.15) is 5.10 Å². The lowest BCUT2D eigenvalue weighted by Crippen LogP contribution is -2.24. The van der Waals surface area contributed by atoms with Crippen LogP contribution in [0.5, 0.6) is 0 Å². The Labute approximate surface area is 139 Å². The third kappa shape index (κ3) is 3.69. The van der Waals surface area contributed by atoms with Gasteiger partial charge in [0.1, 0.15) is 5.15 Å². The molecule has 0 aliphatic heterocycles. The van der Waals surface area contributed by atoms with Gasteiger partial charge in [0.15, 0.2) is 0 Å². The maximum atomic E-state index is 6.31. The summed E-state index contributed by atoms with van der Waals surface area (Å²) < 4.78 is 1.67. The van der Waals surface area contributed by atoms with E-state index in [9.17, 15) is 0 Å². The van der Waals surface area contributed by atoms with E-state index in [2.05, 4.69) is 15.4 Å². The van der Waals surface area contributed by atoms with Crippen molar-refractivity contribution in [2.24, 2.45) is 7.05 Å². The van der Waals surface area contributed by atoms with Crippen molar-refractivity contribution in [3.8, 4) is 0 Å². The average Bonchev–Trinajstić information content (AvgIpc) is 2.65. The van der Waals surface area contributed by atoms with E-state index < -0.39 is 0 Å². The van der Waals surface area contributed by atoms with Gasteiger partial charge in [-0.05, 0) is 26.0 Å². The second-order valence-corrected chi connectivity index (χ2v) is 6.02. The Balaban J connectivity index is 2.35. The molecule has 2 rings (SSSR count). The fraction of sp³-hybridized carbons (Fsp3) is 0.429. The predicted octanol–water partition coefficient (Wildman–Crippen LogP) is 3.98. The topological polar surface area (TPSA) is 42.7 Å². The molecule has 0 spiro atoms. The number of aromatic nitrogens is 3. The van der Waals surface area contributed by atoms with Crippen LogP contribution in [-0.4, -0.2) is 21.3 Å². The highest BCUT2D eigenvalue weighted by atomic mass is 35.5. The van der Waals surface area contributed by atoms with Crippen LogP contribution in [0.25, 0.3) is 0 Å².